The molecule has 1 aromatic heterocycles. The van der Waals surface area contributed by atoms with Gasteiger partial charge in [-0.3, -0.25) is 4.79 Å². The molecular weight excluding hydrogens is 335 g/mol. The molecule has 2 rings (SSSR count). The second-order valence-corrected chi connectivity index (χ2v) is 6.71. The van der Waals surface area contributed by atoms with Crippen LogP contribution in [0.2, 0.25) is 4.34 Å². The molecule has 0 aromatic carbocycles. The molecule has 120 valence electrons. The molecule has 1 aromatic rings. The third-order valence-electron chi connectivity index (χ3n) is 3.70. The van der Waals surface area contributed by atoms with Gasteiger partial charge in [0.1, 0.15) is 6.10 Å². The van der Waals surface area contributed by atoms with Crippen LogP contribution in [0.5, 0.6) is 0 Å². The predicted octanol–water partition coefficient (Wildman–Crippen LogP) is 1.73. The quantitative estimate of drug-likeness (QED) is 0.751. The van der Waals surface area contributed by atoms with Crippen LogP contribution in [0.4, 0.5) is 0 Å². The Labute approximate surface area is 139 Å². The van der Waals surface area contributed by atoms with Gasteiger partial charge < -0.3 is 20.9 Å². The highest BCUT2D eigenvalue weighted by Gasteiger charge is 2.38. The lowest BCUT2D eigenvalue weighted by atomic mass is 9.79. The van der Waals surface area contributed by atoms with E-state index in [0.717, 1.165) is 4.88 Å². The number of aliphatic hydroxyl groups is 1. The fourth-order valence-corrected chi connectivity index (χ4v) is 3.32. The molecule has 4 N–H and O–H groups in total. The first kappa shape index (κ1) is 18.7. The van der Waals surface area contributed by atoms with Crippen LogP contribution in [-0.4, -0.2) is 37.3 Å². The average Bonchev–Trinajstić information content (AvgIpc) is 2.91. The molecule has 1 atom stereocenters. The number of rotatable bonds is 5. The lowest BCUT2D eigenvalue weighted by Gasteiger charge is -2.34. The number of carbonyl (C=O) groups excluding carboxylic acids is 1. The monoisotopic (exact) mass is 354 g/mol. The Morgan fingerprint density at radius 1 is 1.52 bits per heavy atom. The van der Waals surface area contributed by atoms with Gasteiger partial charge in [-0.25, -0.2) is 0 Å². The number of hydrogen-bond acceptors (Lipinski definition) is 5. The summed E-state index contributed by atoms with van der Waals surface area (Å²) in [6.45, 7) is 1.56. The van der Waals surface area contributed by atoms with Crippen LogP contribution in [0.25, 0.3) is 0 Å². The van der Waals surface area contributed by atoms with Crippen LogP contribution in [0.1, 0.15) is 23.8 Å². The predicted molar refractivity (Wildman–Crippen MR) is 86.1 cm³/mol. The number of nitrogens with two attached hydrogens (primary N) is 1. The zero-order valence-electron chi connectivity index (χ0n) is 11.5. The van der Waals surface area contributed by atoms with E-state index in [9.17, 15) is 9.90 Å². The highest BCUT2D eigenvalue weighted by molar-refractivity contribution is 7.16. The van der Waals surface area contributed by atoms with E-state index in [1.165, 1.54) is 11.3 Å². The van der Waals surface area contributed by atoms with Gasteiger partial charge in [0.15, 0.2) is 0 Å². The lowest BCUT2D eigenvalue weighted by Crippen LogP contribution is -2.49. The molecule has 1 amide bonds. The fraction of sp³-hybridized carbons (Fsp3) is 0.615. The van der Waals surface area contributed by atoms with E-state index in [1.54, 1.807) is 12.1 Å². The van der Waals surface area contributed by atoms with E-state index in [-0.39, 0.29) is 24.9 Å². The Bertz CT molecular complexity index is 464. The smallest absolute Gasteiger partial charge is 0.227 e. The Balaban J connectivity index is 0.00000220. The first-order valence-electron chi connectivity index (χ1n) is 6.57. The van der Waals surface area contributed by atoms with Crippen molar-refractivity contribution >= 4 is 41.3 Å². The summed E-state index contributed by atoms with van der Waals surface area (Å²) in [7, 11) is 0. The summed E-state index contributed by atoms with van der Waals surface area (Å²) in [4.78, 5) is 13.1. The van der Waals surface area contributed by atoms with E-state index in [2.05, 4.69) is 5.32 Å². The van der Waals surface area contributed by atoms with Crippen LogP contribution >= 0.6 is 35.3 Å². The number of halogens is 2. The normalized spacial score (nSPS) is 18.6. The molecule has 1 unspecified atom stereocenters. The second-order valence-electron chi connectivity index (χ2n) is 4.96. The average molecular weight is 355 g/mol. The number of ether oxygens (including phenoxy) is 1. The molecule has 0 spiro atoms. The van der Waals surface area contributed by atoms with E-state index < -0.39 is 11.5 Å². The third-order valence-corrected chi connectivity index (χ3v) is 5.03. The van der Waals surface area contributed by atoms with Gasteiger partial charge in [0, 0.05) is 31.2 Å². The second kappa shape index (κ2) is 8.31. The summed E-state index contributed by atoms with van der Waals surface area (Å²) in [6, 6.07) is 3.49. The molecule has 21 heavy (non-hydrogen) atoms. The van der Waals surface area contributed by atoms with Crippen molar-refractivity contribution < 1.29 is 14.6 Å². The van der Waals surface area contributed by atoms with E-state index in [1.807, 2.05) is 0 Å². The van der Waals surface area contributed by atoms with Crippen molar-refractivity contribution in [1.82, 2.24) is 5.32 Å². The van der Waals surface area contributed by atoms with E-state index in [4.69, 9.17) is 22.1 Å². The molecule has 1 aliphatic heterocycles. The molecule has 8 heteroatoms. The van der Waals surface area contributed by atoms with Gasteiger partial charge in [-0.1, -0.05) is 11.6 Å². The molecule has 1 saturated heterocycles. The fourth-order valence-electron chi connectivity index (χ4n) is 2.27. The topological polar surface area (TPSA) is 84.6 Å². The number of carbonyl (C=O) groups is 1. The van der Waals surface area contributed by atoms with Crippen LogP contribution in [0.3, 0.4) is 0 Å². The highest BCUT2D eigenvalue weighted by atomic mass is 35.5. The van der Waals surface area contributed by atoms with Crippen molar-refractivity contribution in [2.24, 2.45) is 11.1 Å². The molecule has 1 aliphatic rings. The molecule has 0 radical (unpaired) electrons. The summed E-state index contributed by atoms with van der Waals surface area (Å²) < 4.78 is 5.90. The van der Waals surface area contributed by atoms with Crippen molar-refractivity contribution in [2.45, 2.75) is 18.9 Å². The molecule has 5 nitrogen and oxygen atoms in total. The van der Waals surface area contributed by atoms with Crippen molar-refractivity contribution in [3.8, 4) is 0 Å². The Kier molecular flexibility index (Phi) is 7.39. The lowest BCUT2D eigenvalue weighted by molar-refractivity contribution is -0.136. The van der Waals surface area contributed by atoms with Crippen LogP contribution in [0.15, 0.2) is 12.1 Å². The minimum Gasteiger partial charge on any atom is -0.386 e. The van der Waals surface area contributed by atoms with Crippen molar-refractivity contribution in [3.63, 3.8) is 0 Å². The first-order valence-corrected chi connectivity index (χ1v) is 7.76. The molecule has 0 bridgehead atoms. The number of amides is 1. The van der Waals surface area contributed by atoms with Crippen molar-refractivity contribution in [3.05, 3.63) is 21.3 Å². The Hall–Kier alpha value is -0.370. The van der Waals surface area contributed by atoms with Gasteiger partial charge in [-0.05, 0) is 25.0 Å². The van der Waals surface area contributed by atoms with Gasteiger partial charge in [-0.2, -0.15) is 0 Å². The standard InChI is InChI=1S/C13H19ClN2O3S.ClH/c14-11-2-1-10(20-11)9(17)7-16-12(18)13(8-15)3-5-19-6-4-13;/h1-2,9,17H,3-8,15H2,(H,16,18);1H. The Morgan fingerprint density at radius 3 is 2.71 bits per heavy atom. The summed E-state index contributed by atoms with van der Waals surface area (Å²) in [5.74, 6) is -0.106. The SMILES string of the molecule is Cl.NCC1(C(=O)NCC(O)c2ccc(Cl)s2)CCOCC1. The highest BCUT2D eigenvalue weighted by Crippen LogP contribution is 2.30. The van der Waals surface area contributed by atoms with Gasteiger partial charge >= 0.3 is 0 Å². The maximum absolute atomic E-state index is 12.3. The number of hydrogen-bond donors (Lipinski definition) is 3. The van der Waals surface area contributed by atoms with Crippen molar-refractivity contribution in [1.29, 1.82) is 0 Å². The molecule has 1 fully saturated rings. The maximum atomic E-state index is 12.3. The van der Waals surface area contributed by atoms with Gasteiger partial charge in [-0.15, -0.1) is 23.7 Å². The van der Waals surface area contributed by atoms with Crippen LogP contribution in [0, 0.1) is 5.41 Å². The summed E-state index contributed by atoms with van der Waals surface area (Å²) >= 11 is 7.13. The van der Waals surface area contributed by atoms with Crippen molar-refractivity contribution in [2.75, 3.05) is 26.3 Å². The van der Waals surface area contributed by atoms with Crippen LogP contribution < -0.4 is 11.1 Å². The van der Waals surface area contributed by atoms with E-state index >= 15 is 0 Å². The van der Waals surface area contributed by atoms with Crippen LogP contribution in [-0.2, 0) is 9.53 Å². The largest absolute Gasteiger partial charge is 0.386 e. The number of thiophene rings is 1. The van der Waals surface area contributed by atoms with Gasteiger partial charge in [0.05, 0.1) is 9.75 Å². The zero-order chi connectivity index (χ0) is 14.6. The number of nitrogens with one attached hydrogen (secondary N) is 1. The third kappa shape index (κ3) is 4.55. The first-order chi connectivity index (χ1) is 9.57. The summed E-state index contributed by atoms with van der Waals surface area (Å²) in [5.41, 5.74) is 5.20. The molecule has 0 saturated carbocycles. The Morgan fingerprint density at radius 2 is 2.19 bits per heavy atom. The molecule has 2 heterocycles. The molecular formula is C13H20Cl2N2O3S. The number of aliphatic hydroxyl groups excluding tert-OH is 1. The van der Waals surface area contributed by atoms with E-state index in [0.29, 0.717) is 36.9 Å². The van der Waals surface area contributed by atoms with Gasteiger partial charge in [0.25, 0.3) is 0 Å². The minimum atomic E-state index is -0.744. The minimum absolute atomic E-state index is 0. The molecule has 0 aliphatic carbocycles. The maximum Gasteiger partial charge on any atom is 0.227 e. The summed E-state index contributed by atoms with van der Waals surface area (Å²) in [5, 5.41) is 12.8. The summed E-state index contributed by atoms with van der Waals surface area (Å²) in [6.07, 6.45) is 0.498. The zero-order valence-corrected chi connectivity index (χ0v) is 13.9. The van der Waals surface area contributed by atoms with Gasteiger partial charge in [0.2, 0.25) is 5.91 Å².